The van der Waals surface area contributed by atoms with Gasteiger partial charge in [-0.05, 0) is 12.5 Å². The Morgan fingerprint density at radius 1 is 1.27 bits per heavy atom. The Kier molecular flexibility index (Phi) is 4.35. The van der Waals surface area contributed by atoms with Gasteiger partial charge in [-0.15, -0.1) is 0 Å². The number of amides is 1. The highest BCUT2D eigenvalue weighted by atomic mass is 32.2. The smallest absolute Gasteiger partial charge is 0.264 e. The molecule has 22 heavy (non-hydrogen) atoms. The van der Waals surface area contributed by atoms with E-state index in [0.717, 1.165) is 5.56 Å². The first kappa shape index (κ1) is 14.9. The Morgan fingerprint density at radius 2 is 2.05 bits per heavy atom. The molecule has 1 aromatic rings. The molecule has 0 fully saturated rings. The fourth-order valence-corrected chi connectivity index (χ4v) is 2.99. The molecule has 1 amide bonds. The van der Waals surface area contributed by atoms with Gasteiger partial charge in [0, 0.05) is 12.0 Å². The van der Waals surface area contributed by atoms with E-state index in [0.29, 0.717) is 23.3 Å². The highest BCUT2D eigenvalue weighted by molar-refractivity contribution is 8.13. The molecule has 3 rings (SSSR count). The lowest BCUT2D eigenvalue weighted by Gasteiger charge is -2.19. The van der Waals surface area contributed by atoms with Gasteiger partial charge in [0.05, 0.1) is 13.2 Å². The molecule has 0 saturated carbocycles. The van der Waals surface area contributed by atoms with Crippen molar-refractivity contribution in [1.29, 1.82) is 0 Å². The molecule has 2 aliphatic heterocycles. The zero-order valence-corrected chi connectivity index (χ0v) is 13.0. The number of amidine groups is 2. The zero-order valence-electron chi connectivity index (χ0n) is 12.1. The number of aryl methyl sites for hydroxylation is 1. The summed E-state index contributed by atoms with van der Waals surface area (Å²) in [6.07, 6.45) is 1.53. The standard InChI is InChI=1S/C15H16N4O2S/c1-10-2-4-11(5-3-10)9-22-15-17-13-12(14(21)18-15)8-16-19(13)6-7-20/h2-5,8,12,20H,6-7,9H2,1H3. The van der Waals surface area contributed by atoms with Crippen molar-refractivity contribution < 1.29 is 9.90 Å². The first-order valence-corrected chi connectivity index (χ1v) is 7.98. The summed E-state index contributed by atoms with van der Waals surface area (Å²) in [6.45, 7) is 2.33. The molecular weight excluding hydrogens is 300 g/mol. The van der Waals surface area contributed by atoms with Gasteiger partial charge in [-0.1, -0.05) is 41.6 Å². The van der Waals surface area contributed by atoms with Crippen molar-refractivity contribution in [2.45, 2.75) is 12.7 Å². The van der Waals surface area contributed by atoms with Crippen LogP contribution in [0.3, 0.4) is 0 Å². The van der Waals surface area contributed by atoms with E-state index < -0.39 is 5.92 Å². The number of nitrogens with zero attached hydrogens (tertiary/aromatic N) is 4. The number of β-amino-alcohol motifs (C(OH)–C–C–N with tert-alkyl or cyclic N) is 1. The molecule has 1 atom stereocenters. The maximum Gasteiger partial charge on any atom is 0.264 e. The largest absolute Gasteiger partial charge is 0.394 e. The number of hydrogen-bond donors (Lipinski definition) is 1. The van der Waals surface area contributed by atoms with Gasteiger partial charge >= 0.3 is 0 Å². The lowest BCUT2D eigenvalue weighted by atomic mass is 10.1. The minimum absolute atomic E-state index is 0.0414. The number of hydrogen-bond acceptors (Lipinski definition) is 6. The van der Waals surface area contributed by atoms with Crippen LogP contribution in [0.2, 0.25) is 0 Å². The number of hydrazone groups is 1. The lowest BCUT2D eigenvalue weighted by Crippen LogP contribution is -2.35. The Hall–Kier alpha value is -1.99. The predicted octanol–water partition coefficient (Wildman–Crippen LogP) is 1.43. The fourth-order valence-electron chi connectivity index (χ4n) is 2.19. The van der Waals surface area contributed by atoms with Gasteiger partial charge in [-0.25, -0.2) is 10.0 Å². The summed E-state index contributed by atoms with van der Waals surface area (Å²) in [7, 11) is 0. The summed E-state index contributed by atoms with van der Waals surface area (Å²) in [5.74, 6) is 0.505. The van der Waals surface area contributed by atoms with Crippen molar-refractivity contribution in [3.63, 3.8) is 0 Å². The van der Waals surface area contributed by atoms with E-state index in [1.807, 2.05) is 6.92 Å². The molecule has 1 unspecified atom stereocenters. The van der Waals surface area contributed by atoms with Crippen molar-refractivity contribution in [2.24, 2.45) is 21.0 Å². The second-order valence-electron chi connectivity index (χ2n) is 5.07. The van der Waals surface area contributed by atoms with E-state index in [1.165, 1.54) is 23.5 Å². The zero-order chi connectivity index (χ0) is 15.5. The summed E-state index contributed by atoms with van der Waals surface area (Å²) in [5, 5.41) is 15.1. The number of benzene rings is 1. The third-order valence-electron chi connectivity index (χ3n) is 3.38. The van der Waals surface area contributed by atoms with Crippen LogP contribution >= 0.6 is 11.8 Å². The van der Waals surface area contributed by atoms with Crippen molar-refractivity contribution in [3.8, 4) is 0 Å². The molecule has 6 nitrogen and oxygen atoms in total. The molecule has 0 aliphatic carbocycles. The first-order valence-electron chi connectivity index (χ1n) is 6.99. The Morgan fingerprint density at radius 3 is 2.77 bits per heavy atom. The summed E-state index contributed by atoms with van der Waals surface area (Å²) in [4.78, 5) is 20.5. The molecule has 1 N–H and O–H groups in total. The Balaban J connectivity index is 1.70. The molecule has 0 saturated heterocycles. The van der Waals surface area contributed by atoms with Gasteiger partial charge in [-0.2, -0.15) is 10.1 Å². The Labute approximate surface area is 132 Å². The van der Waals surface area contributed by atoms with Crippen LogP contribution in [-0.2, 0) is 10.5 Å². The fraction of sp³-hybridized carbons (Fsp3) is 0.333. The molecule has 2 aliphatic rings. The van der Waals surface area contributed by atoms with Gasteiger partial charge in [-0.3, -0.25) is 4.79 Å². The molecule has 0 radical (unpaired) electrons. The SMILES string of the molecule is Cc1ccc(CSC2=NC(=O)C3C=NN(CCO)C3=N2)cc1. The topological polar surface area (TPSA) is 77.6 Å². The average molecular weight is 316 g/mol. The van der Waals surface area contributed by atoms with E-state index in [-0.39, 0.29) is 12.5 Å². The number of aliphatic hydroxyl groups excluding tert-OH is 1. The van der Waals surface area contributed by atoms with Crippen LogP contribution in [-0.4, -0.2) is 46.4 Å². The van der Waals surface area contributed by atoms with Crippen LogP contribution in [0.25, 0.3) is 0 Å². The van der Waals surface area contributed by atoms with E-state index in [4.69, 9.17) is 5.11 Å². The maximum atomic E-state index is 12.0. The molecule has 1 aromatic carbocycles. The number of thioether (sulfide) groups is 1. The molecule has 0 aromatic heterocycles. The van der Waals surface area contributed by atoms with Crippen LogP contribution in [0.1, 0.15) is 11.1 Å². The van der Waals surface area contributed by atoms with Gasteiger partial charge in [0.25, 0.3) is 5.91 Å². The quantitative estimate of drug-likeness (QED) is 0.911. The van der Waals surface area contributed by atoms with Gasteiger partial charge in [0.1, 0.15) is 11.8 Å². The highest BCUT2D eigenvalue weighted by Crippen LogP contribution is 2.23. The predicted molar refractivity (Wildman–Crippen MR) is 88.1 cm³/mol. The molecule has 2 heterocycles. The van der Waals surface area contributed by atoms with Crippen molar-refractivity contribution >= 4 is 34.9 Å². The lowest BCUT2D eigenvalue weighted by molar-refractivity contribution is -0.118. The van der Waals surface area contributed by atoms with Gasteiger partial charge in [0.2, 0.25) is 0 Å². The van der Waals surface area contributed by atoms with E-state index in [1.54, 1.807) is 5.01 Å². The van der Waals surface area contributed by atoms with Crippen LogP contribution in [0.5, 0.6) is 0 Å². The van der Waals surface area contributed by atoms with E-state index in [9.17, 15) is 4.79 Å². The monoisotopic (exact) mass is 316 g/mol. The summed E-state index contributed by atoms with van der Waals surface area (Å²) in [5.41, 5.74) is 2.37. The normalized spacial score (nSPS) is 20.0. The summed E-state index contributed by atoms with van der Waals surface area (Å²) in [6, 6.07) is 8.22. The average Bonchev–Trinajstić information content (AvgIpc) is 2.91. The molecule has 0 spiro atoms. The van der Waals surface area contributed by atoms with Gasteiger partial charge < -0.3 is 5.11 Å². The second-order valence-corrected chi connectivity index (χ2v) is 6.01. The van der Waals surface area contributed by atoms with Crippen LogP contribution in [0, 0.1) is 12.8 Å². The van der Waals surface area contributed by atoms with Crippen LogP contribution in [0.15, 0.2) is 39.4 Å². The number of aliphatic imine (C=N–C) groups is 2. The number of aliphatic hydroxyl groups is 1. The molecule has 0 bridgehead atoms. The van der Waals surface area contributed by atoms with E-state index in [2.05, 4.69) is 39.4 Å². The summed E-state index contributed by atoms with van der Waals surface area (Å²) >= 11 is 1.43. The first-order chi connectivity index (χ1) is 10.7. The highest BCUT2D eigenvalue weighted by Gasteiger charge is 2.35. The summed E-state index contributed by atoms with van der Waals surface area (Å²) < 4.78 is 0. The number of carbonyl (C=O) groups excluding carboxylic acids is 1. The number of carbonyl (C=O) groups is 1. The van der Waals surface area contributed by atoms with Crippen molar-refractivity contribution in [3.05, 3.63) is 35.4 Å². The van der Waals surface area contributed by atoms with Crippen LogP contribution in [0.4, 0.5) is 0 Å². The van der Waals surface area contributed by atoms with Gasteiger partial charge in [0.15, 0.2) is 5.17 Å². The maximum absolute atomic E-state index is 12.0. The number of fused-ring (bicyclic) bond motifs is 1. The minimum atomic E-state index is -0.504. The third kappa shape index (κ3) is 3.10. The second kappa shape index (κ2) is 6.41. The molecular formula is C15H16N4O2S. The van der Waals surface area contributed by atoms with Crippen molar-refractivity contribution in [1.82, 2.24) is 5.01 Å². The minimum Gasteiger partial charge on any atom is -0.394 e. The molecule has 114 valence electrons. The third-order valence-corrected chi connectivity index (χ3v) is 4.30. The van der Waals surface area contributed by atoms with E-state index >= 15 is 0 Å². The van der Waals surface area contributed by atoms with Crippen LogP contribution < -0.4 is 0 Å². The molecule has 7 heteroatoms. The number of rotatable bonds is 4. The van der Waals surface area contributed by atoms with Crippen molar-refractivity contribution in [2.75, 3.05) is 13.2 Å². The Bertz CT molecular complexity index is 667.